The molecule has 4 aromatic rings. The lowest BCUT2D eigenvalue weighted by Gasteiger charge is -2.27. The Morgan fingerprint density at radius 1 is 0.735 bits per heavy atom. The fourth-order valence-corrected chi connectivity index (χ4v) is 4.53. The molecule has 5 heteroatoms. The lowest BCUT2D eigenvalue weighted by atomic mass is 9.90. The Labute approximate surface area is 200 Å². The van der Waals surface area contributed by atoms with E-state index in [1.54, 1.807) is 0 Å². The maximum atomic E-state index is 13.4. The summed E-state index contributed by atoms with van der Waals surface area (Å²) in [5.74, 6) is 0.470. The summed E-state index contributed by atoms with van der Waals surface area (Å²) >= 11 is 0. The minimum absolute atomic E-state index is 0.0684. The van der Waals surface area contributed by atoms with E-state index < -0.39 is 5.92 Å². The van der Waals surface area contributed by atoms with Crippen LogP contribution in [0.5, 0.6) is 0 Å². The van der Waals surface area contributed by atoms with E-state index in [1.165, 1.54) is 19.3 Å². The van der Waals surface area contributed by atoms with Gasteiger partial charge in [-0.05, 0) is 54.7 Å². The summed E-state index contributed by atoms with van der Waals surface area (Å²) in [5.41, 5.74) is 4.37. The van der Waals surface area contributed by atoms with Crippen LogP contribution in [0.1, 0.15) is 36.3 Å². The summed E-state index contributed by atoms with van der Waals surface area (Å²) in [6.07, 6.45) is 3.70. The van der Waals surface area contributed by atoms with Crippen LogP contribution in [0.25, 0.3) is 11.3 Å². The number of rotatable bonds is 6. The summed E-state index contributed by atoms with van der Waals surface area (Å²) in [4.78, 5) is 15.7. The maximum Gasteiger partial charge on any atom is 0.236 e. The zero-order valence-electron chi connectivity index (χ0n) is 19.1. The van der Waals surface area contributed by atoms with Gasteiger partial charge >= 0.3 is 0 Å². The van der Waals surface area contributed by atoms with Crippen molar-refractivity contribution in [3.63, 3.8) is 0 Å². The molecule has 1 saturated heterocycles. The Balaban J connectivity index is 1.36. The monoisotopic (exact) mass is 448 g/mol. The number of nitrogens with zero attached hydrogens (tertiary/aromatic N) is 3. The van der Waals surface area contributed by atoms with E-state index in [2.05, 4.69) is 20.4 Å². The van der Waals surface area contributed by atoms with E-state index in [-0.39, 0.29) is 5.91 Å². The number of hydrogen-bond acceptors (Lipinski definition) is 4. The molecule has 34 heavy (non-hydrogen) atoms. The molecule has 0 bridgehead atoms. The molecule has 0 spiro atoms. The Bertz CT molecular complexity index is 1180. The zero-order valence-corrected chi connectivity index (χ0v) is 19.1. The molecule has 2 heterocycles. The molecular formula is C29H28N4O. The van der Waals surface area contributed by atoms with Crippen molar-refractivity contribution in [1.82, 2.24) is 10.2 Å². The van der Waals surface area contributed by atoms with Crippen LogP contribution in [0, 0.1) is 0 Å². The van der Waals surface area contributed by atoms with Crippen LogP contribution >= 0.6 is 0 Å². The molecule has 1 aromatic heterocycles. The van der Waals surface area contributed by atoms with Gasteiger partial charge in [0.15, 0.2) is 5.82 Å². The van der Waals surface area contributed by atoms with E-state index in [0.29, 0.717) is 0 Å². The zero-order chi connectivity index (χ0) is 23.2. The molecule has 0 saturated carbocycles. The topological polar surface area (TPSA) is 58.1 Å². The fourth-order valence-electron chi connectivity index (χ4n) is 4.53. The summed E-state index contributed by atoms with van der Waals surface area (Å²) in [7, 11) is 0. The van der Waals surface area contributed by atoms with Crippen LogP contribution < -0.4 is 10.2 Å². The lowest BCUT2D eigenvalue weighted by molar-refractivity contribution is -0.116. The second-order valence-electron chi connectivity index (χ2n) is 8.65. The first-order valence-electron chi connectivity index (χ1n) is 11.9. The third-order valence-corrected chi connectivity index (χ3v) is 6.28. The summed E-state index contributed by atoms with van der Waals surface area (Å²) in [6, 6.07) is 31.6. The molecule has 0 aliphatic carbocycles. The standard InChI is InChI=1S/C29H28N4O/c34-29(28(22-11-4-1-5-12-22)23-13-6-2-7-14-23)30-25-16-10-15-24(21-25)26-17-18-27(32-31-26)33-19-8-3-9-20-33/h1-2,4-7,10-18,21,28H,3,8-9,19-20H2,(H,30,34). The van der Waals surface area contributed by atoms with Crippen molar-refractivity contribution < 1.29 is 4.79 Å². The predicted octanol–water partition coefficient (Wildman–Crippen LogP) is 5.90. The molecule has 1 fully saturated rings. The van der Waals surface area contributed by atoms with Gasteiger partial charge < -0.3 is 10.2 Å². The third kappa shape index (κ3) is 4.99. The van der Waals surface area contributed by atoms with Crippen molar-refractivity contribution >= 4 is 17.4 Å². The molecule has 0 unspecified atom stereocenters. The highest BCUT2D eigenvalue weighted by Crippen LogP contribution is 2.28. The molecule has 1 aliphatic heterocycles. The molecule has 170 valence electrons. The number of nitrogens with one attached hydrogen (secondary N) is 1. The van der Waals surface area contributed by atoms with Crippen LogP contribution in [-0.2, 0) is 4.79 Å². The molecular weight excluding hydrogens is 420 g/mol. The van der Waals surface area contributed by atoms with Crippen LogP contribution in [0.4, 0.5) is 11.5 Å². The average molecular weight is 449 g/mol. The van der Waals surface area contributed by atoms with Crippen molar-refractivity contribution in [3.05, 3.63) is 108 Å². The highest BCUT2D eigenvalue weighted by Gasteiger charge is 2.22. The van der Waals surface area contributed by atoms with Crippen molar-refractivity contribution in [2.45, 2.75) is 25.2 Å². The van der Waals surface area contributed by atoms with Crippen LogP contribution in [0.2, 0.25) is 0 Å². The number of piperidine rings is 1. The molecule has 0 radical (unpaired) electrons. The Kier molecular flexibility index (Phi) is 6.61. The van der Waals surface area contributed by atoms with Gasteiger partial charge in [-0.25, -0.2) is 0 Å². The van der Waals surface area contributed by atoms with E-state index in [0.717, 1.165) is 47.0 Å². The van der Waals surface area contributed by atoms with Gasteiger partial charge in [-0.15, -0.1) is 10.2 Å². The highest BCUT2D eigenvalue weighted by atomic mass is 16.1. The smallest absolute Gasteiger partial charge is 0.236 e. The van der Waals surface area contributed by atoms with E-state index in [1.807, 2.05) is 97.1 Å². The van der Waals surface area contributed by atoms with Gasteiger partial charge in [0.25, 0.3) is 0 Å². The third-order valence-electron chi connectivity index (χ3n) is 6.28. The number of benzene rings is 3. The van der Waals surface area contributed by atoms with Crippen molar-refractivity contribution in [2.75, 3.05) is 23.3 Å². The number of carbonyl (C=O) groups is 1. The minimum atomic E-state index is -0.394. The van der Waals surface area contributed by atoms with Gasteiger partial charge in [-0.3, -0.25) is 4.79 Å². The summed E-state index contributed by atoms with van der Waals surface area (Å²) in [6.45, 7) is 2.08. The first kappa shape index (κ1) is 21.8. The number of amides is 1. The highest BCUT2D eigenvalue weighted by molar-refractivity contribution is 5.98. The number of aromatic nitrogens is 2. The van der Waals surface area contributed by atoms with Gasteiger partial charge in [-0.1, -0.05) is 72.8 Å². The molecule has 3 aromatic carbocycles. The minimum Gasteiger partial charge on any atom is -0.355 e. The van der Waals surface area contributed by atoms with Crippen molar-refractivity contribution in [1.29, 1.82) is 0 Å². The molecule has 1 amide bonds. The van der Waals surface area contributed by atoms with Crippen LogP contribution in [-0.4, -0.2) is 29.2 Å². The first-order chi connectivity index (χ1) is 16.8. The van der Waals surface area contributed by atoms with E-state index in [4.69, 9.17) is 0 Å². The second-order valence-corrected chi connectivity index (χ2v) is 8.65. The number of hydrogen-bond donors (Lipinski definition) is 1. The Morgan fingerprint density at radius 2 is 1.41 bits per heavy atom. The largest absolute Gasteiger partial charge is 0.355 e. The first-order valence-corrected chi connectivity index (χ1v) is 11.9. The van der Waals surface area contributed by atoms with Gasteiger partial charge in [0.05, 0.1) is 11.6 Å². The maximum absolute atomic E-state index is 13.4. The molecule has 0 atom stereocenters. The normalized spacial score (nSPS) is 13.6. The van der Waals surface area contributed by atoms with E-state index >= 15 is 0 Å². The number of anilines is 2. The molecule has 1 aliphatic rings. The summed E-state index contributed by atoms with van der Waals surface area (Å²) < 4.78 is 0. The average Bonchev–Trinajstić information content (AvgIpc) is 2.91. The van der Waals surface area contributed by atoms with Gasteiger partial charge in [-0.2, -0.15) is 0 Å². The van der Waals surface area contributed by atoms with Crippen LogP contribution in [0.15, 0.2) is 97.1 Å². The van der Waals surface area contributed by atoms with Crippen molar-refractivity contribution in [2.24, 2.45) is 0 Å². The van der Waals surface area contributed by atoms with Crippen molar-refractivity contribution in [3.8, 4) is 11.3 Å². The SMILES string of the molecule is O=C(Nc1cccc(-c2ccc(N3CCCCC3)nn2)c1)C(c1ccccc1)c1ccccc1. The molecule has 5 rings (SSSR count). The molecule has 5 nitrogen and oxygen atoms in total. The quantitative estimate of drug-likeness (QED) is 0.399. The van der Waals surface area contributed by atoms with Crippen LogP contribution in [0.3, 0.4) is 0 Å². The lowest BCUT2D eigenvalue weighted by Crippen LogP contribution is -2.30. The fraction of sp³-hybridized carbons (Fsp3) is 0.207. The Morgan fingerprint density at radius 3 is 2.03 bits per heavy atom. The van der Waals surface area contributed by atoms with Gasteiger partial charge in [0.1, 0.15) is 0 Å². The summed E-state index contributed by atoms with van der Waals surface area (Å²) in [5, 5.41) is 12.1. The number of carbonyl (C=O) groups excluding carboxylic acids is 1. The van der Waals surface area contributed by atoms with E-state index in [9.17, 15) is 4.79 Å². The Hall–Kier alpha value is -3.99. The second kappa shape index (κ2) is 10.3. The molecule has 1 N–H and O–H groups in total. The predicted molar refractivity (Wildman–Crippen MR) is 137 cm³/mol. The van der Waals surface area contributed by atoms with Gasteiger partial charge in [0, 0.05) is 24.3 Å². The van der Waals surface area contributed by atoms with Gasteiger partial charge in [0.2, 0.25) is 5.91 Å².